The molecule has 1 N–H and O–H groups in total. The second kappa shape index (κ2) is 5.15. The lowest BCUT2D eigenvalue weighted by molar-refractivity contribution is 0.474. The first-order valence-corrected chi connectivity index (χ1v) is 6.57. The van der Waals surface area contributed by atoms with Gasteiger partial charge in [-0.1, -0.05) is 54.6 Å². The van der Waals surface area contributed by atoms with Gasteiger partial charge in [0, 0.05) is 0 Å². The summed E-state index contributed by atoms with van der Waals surface area (Å²) in [5.74, 6) is 0.344. The van der Waals surface area contributed by atoms with Crippen molar-refractivity contribution in [1.29, 1.82) is 0 Å². The zero-order valence-corrected chi connectivity index (χ0v) is 10.7. The molecular weight excluding hydrogens is 232 g/mol. The van der Waals surface area contributed by atoms with Crippen LogP contribution >= 0.6 is 0 Å². The number of phenolic OH excluding ortho intramolecular Hbond substituents is 1. The van der Waals surface area contributed by atoms with E-state index in [0.29, 0.717) is 5.75 Å². The van der Waals surface area contributed by atoms with Gasteiger partial charge in [-0.25, -0.2) is 0 Å². The molecule has 0 bridgehead atoms. The third-order valence-electron chi connectivity index (χ3n) is 3.43. The van der Waals surface area contributed by atoms with Crippen molar-refractivity contribution < 1.29 is 5.11 Å². The second-order valence-electron chi connectivity index (χ2n) is 4.85. The smallest absolute Gasteiger partial charge is 0.115 e. The van der Waals surface area contributed by atoms with Gasteiger partial charge in [-0.15, -0.1) is 0 Å². The number of rotatable bonds is 3. The van der Waals surface area contributed by atoms with Crippen LogP contribution < -0.4 is 0 Å². The van der Waals surface area contributed by atoms with Gasteiger partial charge in [0.2, 0.25) is 0 Å². The summed E-state index contributed by atoms with van der Waals surface area (Å²) in [4.78, 5) is 0. The Labute approximate surface area is 113 Å². The van der Waals surface area contributed by atoms with Crippen molar-refractivity contribution in [2.24, 2.45) is 0 Å². The summed E-state index contributed by atoms with van der Waals surface area (Å²) in [5.41, 5.74) is 2.51. The molecule has 0 saturated carbocycles. The summed E-state index contributed by atoms with van der Waals surface area (Å²) < 4.78 is 0. The lowest BCUT2D eigenvalue weighted by atomic mass is 10.0. The summed E-state index contributed by atoms with van der Waals surface area (Å²) in [6.45, 7) is 0. The molecule has 94 valence electrons. The van der Waals surface area contributed by atoms with Crippen LogP contribution in [-0.2, 0) is 12.8 Å². The SMILES string of the molecule is Oc1cccc(CCc2ccc3ccccc3c2)c1. The highest BCUT2D eigenvalue weighted by atomic mass is 16.3. The van der Waals surface area contributed by atoms with Crippen LogP contribution in [0.1, 0.15) is 11.1 Å². The lowest BCUT2D eigenvalue weighted by Gasteiger charge is -2.05. The first kappa shape index (κ1) is 11.8. The van der Waals surface area contributed by atoms with Gasteiger partial charge in [-0.2, -0.15) is 0 Å². The zero-order valence-electron chi connectivity index (χ0n) is 10.7. The Balaban J connectivity index is 1.78. The molecule has 3 aromatic rings. The van der Waals surface area contributed by atoms with Crippen LogP contribution in [0, 0.1) is 0 Å². The van der Waals surface area contributed by atoms with Gasteiger partial charge >= 0.3 is 0 Å². The highest BCUT2D eigenvalue weighted by Crippen LogP contribution is 2.18. The molecular formula is C18H16O. The third kappa shape index (κ3) is 2.76. The molecule has 0 saturated heterocycles. The van der Waals surface area contributed by atoms with E-state index in [4.69, 9.17) is 0 Å². The number of aromatic hydroxyl groups is 1. The first-order chi connectivity index (χ1) is 9.31. The van der Waals surface area contributed by atoms with Gasteiger partial charge in [-0.05, 0) is 46.9 Å². The van der Waals surface area contributed by atoms with E-state index in [-0.39, 0.29) is 0 Å². The largest absolute Gasteiger partial charge is 0.508 e. The minimum Gasteiger partial charge on any atom is -0.508 e. The minimum absolute atomic E-state index is 0.344. The van der Waals surface area contributed by atoms with Gasteiger partial charge in [0.25, 0.3) is 0 Å². The van der Waals surface area contributed by atoms with Crippen LogP contribution in [0.2, 0.25) is 0 Å². The number of fused-ring (bicyclic) bond motifs is 1. The van der Waals surface area contributed by atoms with Crippen LogP contribution in [0.25, 0.3) is 10.8 Å². The fraction of sp³-hybridized carbons (Fsp3) is 0.111. The molecule has 19 heavy (non-hydrogen) atoms. The fourth-order valence-corrected chi connectivity index (χ4v) is 2.39. The summed E-state index contributed by atoms with van der Waals surface area (Å²) in [5, 5.41) is 12.0. The van der Waals surface area contributed by atoms with Crippen molar-refractivity contribution in [3.05, 3.63) is 77.9 Å². The average molecular weight is 248 g/mol. The van der Waals surface area contributed by atoms with Crippen molar-refractivity contribution in [3.8, 4) is 5.75 Å². The zero-order chi connectivity index (χ0) is 13.1. The predicted molar refractivity (Wildman–Crippen MR) is 79.5 cm³/mol. The molecule has 0 amide bonds. The molecule has 3 rings (SSSR count). The van der Waals surface area contributed by atoms with E-state index in [1.807, 2.05) is 12.1 Å². The Bertz CT molecular complexity index is 701. The Hall–Kier alpha value is -2.28. The van der Waals surface area contributed by atoms with Crippen molar-refractivity contribution >= 4 is 10.8 Å². The maximum Gasteiger partial charge on any atom is 0.115 e. The fourth-order valence-electron chi connectivity index (χ4n) is 2.39. The van der Waals surface area contributed by atoms with Crippen molar-refractivity contribution in [3.63, 3.8) is 0 Å². The van der Waals surface area contributed by atoms with E-state index in [2.05, 4.69) is 48.5 Å². The monoisotopic (exact) mass is 248 g/mol. The quantitative estimate of drug-likeness (QED) is 0.731. The number of benzene rings is 3. The molecule has 0 aromatic heterocycles. The lowest BCUT2D eigenvalue weighted by Crippen LogP contribution is -1.91. The molecule has 0 unspecified atom stereocenters. The Morgan fingerprint density at radius 1 is 0.632 bits per heavy atom. The van der Waals surface area contributed by atoms with Crippen LogP contribution in [0.4, 0.5) is 0 Å². The Morgan fingerprint density at radius 3 is 2.16 bits per heavy atom. The van der Waals surface area contributed by atoms with Crippen molar-refractivity contribution in [2.45, 2.75) is 12.8 Å². The number of hydrogen-bond donors (Lipinski definition) is 1. The molecule has 1 nitrogen and oxygen atoms in total. The van der Waals surface area contributed by atoms with E-state index in [1.54, 1.807) is 6.07 Å². The first-order valence-electron chi connectivity index (χ1n) is 6.57. The maximum atomic E-state index is 9.45. The normalized spacial score (nSPS) is 10.7. The number of hydrogen-bond acceptors (Lipinski definition) is 1. The van der Waals surface area contributed by atoms with E-state index < -0.39 is 0 Å². The Kier molecular flexibility index (Phi) is 3.20. The molecule has 0 aliphatic heterocycles. The molecule has 0 aliphatic rings. The molecule has 3 aromatic carbocycles. The molecule has 1 heteroatoms. The molecule has 0 aliphatic carbocycles. The Morgan fingerprint density at radius 2 is 1.37 bits per heavy atom. The molecule has 0 fully saturated rings. The predicted octanol–water partition coefficient (Wildman–Crippen LogP) is 4.33. The van der Waals surface area contributed by atoms with E-state index in [9.17, 15) is 5.11 Å². The van der Waals surface area contributed by atoms with Gasteiger partial charge in [0.1, 0.15) is 5.75 Å². The van der Waals surface area contributed by atoms with Crippen LogP contribution in [0.5, 0.6) is 5.75 Å². The number of aryl methyl sites for hydroxylation is 2. The topological polar surface area (TPSA) is 20.2 Å². The van der Waals surface area contributed by atoms with Crippen LogP contribution in [0.3, 0.4) is 0 Å². The second-order valence-corrected chi connectivity index (χ2v) is 4.85. The summed E-state index contributed by atoms with van der Waals surface area (Å²) in [6.07, 6.45) is 1.95. The standard InChI is InChI=1S/C18H16O/c19-18-7-3-4-14(13-18)8-9-15-10-11-16-5-1-2-6-17(16)12-15/h1-7,10-13,19H,8-9H2. The highest BCUT2D eigenvalue weighted by molar-refractivity contribution is 5.82. The van der Waals surface area contributed by atoms with Gasteiger partial charge in [0.05, 0.1) is 0 Å². The molecule has 0 radical (unpaired) electrons. The molecule has 0 atom stereocenters. The third-order valence-corrected chi connectivity index (χ3v) is 3.43. The van der Waals surface area contributed by atoms with Crippen molar-refractivity contribution in [2.75, 3.05) is 0 Å². The van der Waals surface area contributed by atoms with Gasteiger partial charge in [-0.3, -0.25) is 0 Å². The summed E-state index contributed by atoms with van der Waals surface area (Å²) in [6, 6.07) is 22.5. The summed E-state index contributed by atoms with van der Waals surface area (Å²) in [7, 11) is 0. The molecule has 0 spiro atoms. The maximum absolute atomic E-state index is 9.45. The number of phenols is 1. The minimum atomic E-state index is 0.344. The van der Waals surface area contributed by atoms with Crippen LogP contribution in [-0.4, -0.2) is 5.11 Å². The molecule has 0 heterocycles. The van der Waals surface area contributed by atoms with Gasteiger partial charge < -0.3 is 5.11 Å². The van der Waals surface area contributed by atoms with E-state index in [1.165, 1.54) is 21.9 Å². The van der Waals surface area contributed by atoms with Crippen molar-refractivity contribution in [1.82, 2.24) is 0 Å². The van der Waals surface area contributed by atoms with Gasteiger partial charge in [0.15, 0.2) is 0 Å². The highest BCUT2D eigenvalue weighted by Gasteiger charge is 1.99. The average Bonchev–Trinajstić information content (AvgIpc) is 2.45. The van der Waals surface area contributed by atoms with Crippen LogP contribution in [0.15, 0.2) is 66.7 Å². The van der Waals surface area contributed by atoms with E-state index >= 15 is 0 Å². The summed E-state index contributed by atoms with van der Waals surface area (Å²) >= 11 is 0. The van der Waals surface area contributed by atoms with E-state index in [0.717, 1.165) is 12.8 Å².